The molecule has 2 heterocycles. The van der Waals surface area contributed by atoms with Gasteiger partial charge in [0.25, 0.3) is 5.91 Å². The molecule has 1 aromatic carbocycles. The van der Waals surface area contributed by atoms with Crippen LogP contribution in [0.2, 0.25) is 0 Å². The third kappa shape index (κ3) is 4.26. The van der Waals surface area contributed by atoms with Gasteiger partial charge in [0.05, 0.1) is 23.3 Å². The highest BCUT2D eigenvalue weighted by Crippen LogP contribution is 2.40. The molecule has 1 amide bonds. The predicted molar refractivity (Wildman–Crippen MR) is 120 cm³/mol. The first-order chi connectivity index (χ1) is 15.6. The van der Waals surface area contributed by atoms with Gasteiger partial charge in [-0.1, -0.05) is 11.2 Å². The Hall–Kier alpha value is -3.18. The molecule has 0 saturated heterocycles. The van der Waals surface area contributed by atoms with Gasteiger partial charge in [0.1, 0.15) is 5.76 Å². The SMILES string of the molecule is [C-]#[N+]c1ccc2nc(C(=O)N(CC)[C@H]3CCC[C@@H](NCc4cc(C5CC5)on4)C3)[nH]c2c1. The molecule has 0 unspecified atom stereocenters. The van der Waals surface area contributed by atoms with Crippen molar-refractivity contribution in [1.29, 1.82) is 0 Å². The first-order valence-corrected chi connectivity index (χ1v) is 11.5. The fourth-order valence-electron chi connectivity index (χ4n) is 4.73. The molecule has 0 bridgehead atoms. The van der Waals surface area contributed by atoms with Crippen LogP contribution in [0.3, 0.4) is 0 Å². The Bertz CT molecular complexity index is 1150. The quantitative estimate of drug-likeness (QED) is 0.535. The standard InChI is InChI=1S/C24H28N6O2/c1-3-30(24(31)23-27-20-10-9-16(25-2)12-21(20)28-23)19-6-4-5-17(11-19)26-14-18-13-22(32-29-18)15-7-8-15/h9-10,12-13,15,17,19,26H,3-8,11,14H2,1H3,(H,27,28)/t17-,19+/m1/s1. The predicted octanol–water partition coefficient (Wildman–Crippen LogP) is 4.54. The molecule has 8 heteroatoms. The van der Waals surface area contributed by atoms with Crippen molar-refractivity contribution in [3.8, 4) is 0 Å². The number of rotatable bonds is 7. The Kier molecular flexibility index (Phi) is 5.66. The Morgan fingerprint density at radius 1 is 1.31 bits per heavy atom. The summed E-state index contributed by atoms with van der Waals surface area (Å²) < 4.78 is 5.46. The van der Waals surface area contributed by atoms with Crippen LogP contribution in [-0.4, -0.2) is 44.6 Å². The van der Waals surface area contributed by atoms with Crippen LogP contribution in [0.15, 0.2) is 28.8 Å². The number of fused-ring (bicyclic) bond motifs is 1. The average Bonchev–Trinajstić information content (AvgIpc) is 3.40. The minimum absolute atomic E-state index is 0.0794. The number of nitrogens with zero attached hydrogens (tertiary/aromatic N) is 4. The summed E-state index contributed by atoms with van der Waals surface area (Å²) in [6.45, 7) is 10.5. The molecule has 0 aliphatic heterocycles. The number of carbonyl (C=O) groups is 1. The van der Waals surface area contributed by atoms with Gasteiger partial charge in [0.2, 0.25) is 0 Å². The van der Waals surface area contributed by atoms with Gasteiger partial charge >= 0.3 is 0 Å². The molecule has 2 aliphatic carbocycles. The van der Waals surface area contributed by atoms with Crippen molar-refractivity contribution in [2.45, 2.75) is 70.0 Å². The van der Waals surface area contributed by atoms with E-state index in [1.165, 1.54) is 12.8 Å². The maximum atomic E-state index is 13.3. The summed E-state index contributed by atoms with van der Waals surface area (Å²) in [4.78, 5) is 26.3. The third-order valence-corrected chi connectivity index (χ3v) is 6.61. The summed E-state index contributed by atoms with van der Waals surface area (Å²) in [5.74, 6) is 1.85. The first kappa shape index (κ1) is 20.7. The summed E-state index contributed by atoms with van der Waals surface area (Å²) in [5.41, 5.74) is 2.92. The van der Waals surface area contributed by atoms with Crippen molar-refractivity contribution >= 4 is 22.6 Å². The smallest absolute Gasteiger partial charge is 0.289 e. The molecule has 2 fully saturated rings. The number of aromatic amines is 1. The van der Waals surface area contributed by atoms with Crippen molar-refractivity contribution in [3.63, 3.8) is 0 Å². The molecular formula is C24H28N6O2. The molecular weight excluding hydrogens is 404 g/mol. The number of imidazole rings is 1. The Labute approximate surface area is 187 Å². The van der Waals surface area contributed by atoms with Gasteiger partial charge in [-0.05, 0) is 57.6 Å². The number of carbonyl (C=O) groups excluding carboxylic acids is 1. The van der Waals surface area contributed by atoms with Crippen molar-refractivity contribution in [3.05, 3.63) is 53.0 Å². The van der Waals surface area contributed by atoms with E-state index in [1.54, 1.807) is 18.2 Å². The maximum absolute atomic E-state index is 13.3. The largest absolute Gasteiger partial charge is 0.361 e. The van der Waals surface area contributed by atoms with E-state index in [-0.39, 0.29) is 11.9 Å². The molecule has 166 valence electrons. The van der Waals surface area contributed by atoms with E-state index in [0.29, 0.717) is 42.1 Å². The van der Waals surface area contributed by atoms with Crippen LogP contribution in [0.5, 0.6) is 0 Å². The molecule has 32 heavy (non-hydrogen) atoms. The minimum atomic E-state index is -0.0794. The fraction of sp³-hybridized carbons (Fsp3) is 0.500. The second-order valence-electron chi connectivity index (χ2n) is 8.88. The summed E-state index contributed by atoms with van der Waals surface area (Å²) in [7, 11) is 0. The van der Waals surface area contributed by atoms with Crippen molar-refractivity contribution in [2.75, 3.05) is 6.54 Å². The van der Waals surface area contributed by atoms with E-state index in [4.69, 9.17) is 11.1 Å². The Balaban J connectivity index is 1.23. The van der Waals surface area contributed by atoms with Gasteiger partial charge in [-0.25, -0.2) is 9.83 Å². The first-order valence-electron chi connectivity index (χ1n) is 11.5. The highest BCUT2D eigenvalue weighted by Gasteiger charge is 2.31. The summed E-state index contributed by atoms with van der Waals surface area (Å²) in [6, 6.07) is 7.83. The van der Waals surface area contributed by atoms with Gasteiger partial charge in [-0.3, -0.25) is 4.79 Å². The summed E-state index contributed by atoms with van der Waals surface area (Å²) in [5, 5.41) is 7.82. The number of amides is 1. The van der Waals surface area contributed by atoms with E-state index in [2.05, 4.69) is 31.4 Å². The molecule has 2 N–H and O–H groups in total. The Morgan fingerprint density at radius 3 is 2.97 bits per heavy atom. The van der Waals surface area contributed by atoms with Gasteiger partial charge in [-0.2, -0.15) is 0 Å². The maximum Gasteiger partial charge on any atom is 0.289 e. The van der Waals surface area contributed by atoms with Gasteiger partial charge in [-0.15, -0.1) is 0 Å². The van der Waals surface area contributed by atoms with E-state index < -0.39 is 0 Å². The molecule has 5 rings (SSSR count). The lowest BCUT2D eigenvalue weighted by Crippen LogP contribution is -2.47. The van der Waals surface area contributed by atoms with E-state index >= 15 is 0 Å². The van der Waals surface area contributed by atoms with Crippen LogP contribution >= 0.6 is 0 Å². The number of aromatic nitrogens is 3. The average molecular weight is 433 g/mol. The zero-order valence-corrected chi connectivity index (χ0v) is 18.3. The second-order valence-corrected chi connectivity index (χ2v) is 8.88. The minimum Gasteiger partial charge on any atom is -0.361 e. The van der Waals surface area contributed by atoms with Gasteiger partial charge in [0, 0.05) is 37.2 Å². The molecule has 2 aliphatic rings. The zero-order chi connectivity index (χ0) is 22.1. The lowest BCUT2D eigenvalue weighted by Gasteiger charge is -2.37. The number of hydrogen-bond acceptors (Lipinski definition) is 5. The van der Waals surface area contributed by atoms with E-state index in [9.17, 15) is 4.79 Å². The van der Waals surface area contributed by atoms with Crippen molar-refractivity contribution in [1.82, 2.24) is 25.3 Å². The normalized spacial score (nSPS) is 20.9. The van der Waals surface area contributed by atoms with E-state index in [0.717, 1.165) is 42.7 Å². The van der Waals surface area contributed by atoms with Crippen molar-refractivity contribution in [2.24, 2.45) is 0 Å². The number of H-pyrrole nitrogens is 1. The molecule has 8 nitrogen and oxygen atoms in total. The zero-order valence-electron chi connectivity index (χ0n) is 18.3. The molecule has 2 aromatic heterocycles. The number of hydrogen-bond donors (Lipinski definition) is 2. The monoisotopic (exact) mass is 432 g/mol. The highest BCUT2D eigenvalue weighted by molar-refractivity contribution is 5.95. The Morgan fingerprint density at radius 2 is 2.19 bits per heavy atom. The van der Waals surface area contributed by atoms with Crippen LogP contribution in [0.1, 0.15) is 73.4 Å². The lowest BCUT2D eigenvalue weighted by atomic mass is 9.89. The van der Waals surface area contributed by atoms with E-state index in [1.807, 2.05) is 11.8 Å². The summed E-state index contributed by atoms with van der Waals surface area (Å²) in [6.07, 6.45) is 6.50. The van der Waals surface area contributed by atoms with Gasteiger partial charge < -0.3 is 19.7 Å². The lowest BCUT2D eigenvalue weighted by molar-refractivity contribution is 0.0617. The molecule has 3 aromatic rings. The van der Waals surface area contributed by atoms with Crippen LogP contribution in [0.25, 0.3) is 15.9 Å². The number of benzene rings is 1. The van der Waals surface area contributed by atoms with Crippen LogP contribution in [0, 0.1) is 6.57 Å². The van der Waals surface area contributed by atoms with Gasteiger partial charge in [0.15, 0.2) is 11.5 Å². The molecule has 0 spiro atoms. The van der Waals surface area contributed by atoms with Crippen LogP contribution < -0.4 is 5.32 Å². The molecule has 2 saturated carbocycles. The molecule has 0 radical (unpaired) electrons. The third-order valence-electron chi connectivity index (χ3n) is 6.61. The second kappa shape index (κ2) is 8.75. The fourth-order valence-corrected chi connectivity index (χ4v) is 4.73. The molecule has 2 atom stereocenters. The van der Waals surface area contributed by atoms with Crippen LogP contribution in [-0.2, 0) is 6.54 Å². The van der Waals surface area contributed by atoms with Crippen LogP contribution in [0.4, 0.5) is 5.69 Å². The highest BCUT2D eigenvalue weighted by atomic mass is 16.5. The summed E-state index contributed by atoms with van der Waals surface area (Å²) >= 11 is 0. The number of nitrogens with one attached hydrogen (secondary N) is 2. The van der Waals surface area contributed by atoms with Crippen molar-refractivity contribution < 1.29 is 9.32 Å². The topological polar surface area (TPSA) is 91.4 Å².